The maximum absolute atomic E-state index is 13.0. The van der Waals surface area contributed by atoms with Crippen LogP contribution in [0.5, 0.6) is 17.2 Å². The van der Waals surface area contributed by atoms with Crippen LogP contribution >= 0.6 is 15.9 Å². The number of halogens is 1. The fraction of sp³-hybridized carbons (Fsp3) is 0.500. The predicted octanol–water partition coefficient (Wildman–Crippen LogP) is 8.17. The molecule has 2 unspecified atom stereocenters. The summed E-state index contributed by atoms with van der Waals surface area (Å²) in [6, 6.07) is 22.1. The number of para-hydroxylation sites is 1. The van der Waals surface area contributed by atoms with Crippen molar-refractivity contribution in [3.63, 3.8) is 0 Å². The average molecular weight is 729 g/mol. The van der Waals surface area contributed by atoms with E-state index in [0.717, 1.165) is 57.7 Å². The van der Waals surface area contributed by atoms with Crippen molar-refractivity contribution in [2.45, 2.75) is 70.9 Å². The highest BCUT2D eigenvalue weighted by atomic mass is 79.9. The first-order valence-electron chi connectivity index (χ1n) is 16.6. The molecule has 48 heavy (non-hydrogen) atoms. The van der Waals surface area contributed by atoms with Crippen molar-refractivity contribution in [3.8, 4) is 17.2 Å². The van der Waals surface area contributed by atoms with Gasteiger partial charge >= 0.3 is 6.09 Å². The van der Waals surface area contributed by atoms with Crippen LogP contribution in [-0.2, 0) is 32.2 Å². The molecule has 10 heteroatoms. The minimum absolute atomic E-state index is 0.0985. The molecule has 3 aromatic rings. The lowest BCUT2D eigenvalue weighted by Crippen LogP contribution is -2.48. The number of carbonyl (C=O) groups excluding carboxylic acids is 1. The zero-order valence-electron chi connectivity index (χ0n) is 28.9. The normalized spacial score (nSPS) is 16.4. The molecule has 1 amide bonds. The van der Waals surface area contributed by atoms with Crippen molar-refractivity contribution < 1.29 is 38.0 Å². The molecule has 0 aromatic heterocycles. The summed E-state index contributed by atoms with van der Waals surface area (Å²) in [6.45, 7) is 9.89. The Hall–Kier alpha value is -3.31. The van der Waals surface area contributed by atoms with E-state index in [4.69, 9.17) is 33.2 Å². The van der Waals surface area contributed by atoms with Crippen LogP contribution in [0.1, 0.15) is 62.6 Å². The maximum atomic E-state index is 13.0. The number of likely N-dealkylation sites (tertiary alicyclic amines) is 1. The summed E-state index contributed by atoms with van der Waals surface area (Å²) in [5.41, 5.74) is 2.59. The number of benzene rings is 3. The average Bonchev–Trinajstić information content (AvgIpc) is 3.08. The van der Waals surface area contributed by atoms with E-state index in [-0.39, 0.29) is 18.1 Å². The fourth-order valence-electron chi connectivity index (χ4n) is 5.46. The molecule has 1 aliphatic heterocycles. The molecule has 262 valence electrons. The highest BCUT2D eigenvalue weighted by molar-refractivity contribution is 9.10. The van der Waals surface area contributed by atoms with Crippen LogP contribution in [-0.4, -0.2) is 76.4 Å². The lowest BCUT2D eigenvalue weighted by Gasteiger charge is -2.39. The predicted molar refractivity (Wildman–Crippen MR) is 189 cm³/mol. The highest BCUT2D eigenvalue weighted by Gasteiger charge is 2.35. The second-order valence-electron chi connectivity index (χ2n) is 12.8. The smallest absolute Gasteiger partial charge is 0.410 e. The van der Waals surface area contributed by atoms with Gasteiger partial charge in [0.25, 0.3) is 0 Å². The number of carbonyl (C=O) groups is 1. The van der Waals surface area contributed by atoms with Gasteiger partial charge in [-0.05, 0) is 84.6 Å². The van der Waals surface area contributed by atoms with Gasteiger partial charge in [-0.15, -0.1) is 0 Å². The summed E-state index contributed by atoms with van der Waals surface area (Å²) in [4.78, 5) is 14.8. The molecule has 0 aliphatic carbocycles. The van der Waals surface area contributed by atoms with Crippen molar-refractivity contribution in [1.82, 2.24) is 4.90 Å². The molecule has 1 heterocycles. The van der Waals surface area contributed by atoms with Crippen molar-refractivity contribution in [2.75, 3.05) is 53.7 Å². The molecule has 0 saturated carbocycles. The lowest BCUT2D eigenvalue weighted by molar-refractivity contribution is -0.0360. The van der Waals surface area contributed by atoms with Gasteiger partial charge in [-0.3, -0.25) is 0 Å². The molecular formula is C38H50BrNO8. The van der Waals surface area contributed by atoms with Gasteiger partial charge in [0.05, 0.1) is 57.3 Å². The van der Waals surface area contributed by atoms with Crippen LogP contribution in [0.4, 0.5) is 4.79 Å². The Bertz CT molecular complexity index is 1410. The number of amides is 1. The third-order valence-electron chi connectivity index (χ3n) is 7.88. The first kappa shape index (κ1) is 37.5. The number of ether oxygens (including phenoxy) is 7. The Balaban J connectivity index is 1.34. The summed E-state index contributed by atoms with van der Waals surface area (Å²) < 4.78 is 41.5. The molecular weight excluding hydrogens is 678 g/mol. The molecule has 9 nitrogen and oxygen atoms in total. The van der Waals surface area contributed by atoms with Crippen LogP contribution in [0, 0.1) is 0 Å². The molecule has 1 aliphatic rings. The molecule has 2 atom stereocenters. The summed E-state index contributed by atoms with van der Waals surface area (Å²) in [5, 5.41) is 0. The van der Waals surface area contributed by atoms with Gasteiger partial charge in [0.1, 0.15) is 22.8 Å². The Morgan fingerprint density at radius 1 is 0.875 bits per heavy atom. The minimum Gasteiger partial charge on any atom is -0.496 e. The van der Waals surface area contributed by atoms with E-state index in [9.17, 15) is 4.79 Å². The largest absolute Gasteiger partial charge is 0.496 e. The first-order chi connectivity index (χ1) is 23.2. The summed E-state index contributed by atoms with van der Waals surface area (Å²) >= 11 is 3.59. The Labute approximate surface area is 293 Å². The van der Waals surface area contributed by atoms with Crippen LogP contribution < -0.4 is 14.2 Å². The van der Waals surface area contributed by atoms with Gasteiger partial charge in [0.15, 0.2) is 0 Å². The van der Waals surface area contributed by atoms with E-state index in [2.05, 4.69) is 28.1 Å². The van der Waals surface area contributed by atoms with Crippen molar-refractivity contribution in [1.29, 1.82) is 0 Å². The zero-order chi connectivity index (χ0) is 34.4. The van der Waals surface area contributed by atoms with Crippen LogP contribution in [0.15, 0.2) is 71.2 Å². The quantitative estimate of drug-likeness (QED) is 0.129. The van der Waals surface area contributed by atoms with Gasteiger partial charge in [-0.2, -0.15) is 0 Å². The highest BCUT2D eigenvalue weighted by Crippen LogP contribution is 2.34. The van der Waals surface area contributed by atoms with Gasteiger partial charge in [0.2, 0.25) is 0 Å². The monoisotopic (exact) mass is 727 g/mol. The topological polar surface area (TPSA) is 84.9 Å². The number of nitrogens with zero attached hydrogens (tertiary/aromatic N) is 1. The molecule has 1 fully saturated rings. The van der Waals surface area contributed by atoms with Crippen molar-refractivity contribution >= 4 is 22.0 Å². The van der Waals surface area contributed by atoms with Crippen molar-refractivity contribution in [3.05, 3.63) is 87.9 Å². The summed E-state index contributed by atoms with van der Waals surface area (Å²) in [5.74, 6) is 2.50. The molecule has 0 radical (unpaired) electrons. The lowest BCUT2D eigenvalue weighted by atomic mass is 9.87. The Morgan fingerprint density at radius 3 is 2.38 bits per heavy atom. The molecule has 0 spiro atoms. The van der Waals surface area contributed by atoms with Crippen LogP contribution in [0.3, 0.4) is 0 Å². The van der Waals surface area contributed by atoms with Gasteiger partial charge in [0, 0.05) is 44.6 Å². The molecule has 1 saturated heterocycles. The molecule has 4 rings (SSSR count). The van der Waals surface area contributed by atoms with Gasteiger partial charge < -0.3 is 38.1 Å². The third kappa shape index (κ3) is 12.0. The maximum Gasteiger partial charge on any atom is 0.410 e. The molecule has 3 aromatic carbocycles. The number of hydrogen-bond acceptors (Lipinski definition) is 8. The standard InChI is InChI=1S/C38H50BrNO8/c1-38(2,3)48-37(41)40-19-18-32(36(25-40)47-26-28-12-17-33(39)35(24-28)46-23-8-20-42-4)29-13-15-31(16-14-29)45-22-9-21-44-27-30-10-6-7-11-34(30)43-5/h6-7,10-17,24,32,36H,8-9,18-23,25-27H2,1-5H3. The molecule has 0 N–H and O–H groups in total. The SMILES string of the molecule is COCCCOc1cc(COC2CN(C(=O)OC(C)(C)C)CCC2c2ccc(OCCCOCc3ccccc3OC)cc2)ccc1Br. The van der Waals surface area contributed by atoms with E-state index in [1.165, 1.54) is 0 Å². The van der Waals surface area contributed by atoms with Crippen LogP contribution in [0.25, 0.3) is 0 Å². The number of rotatable bonds is 17. The minimum atomic E-state index is -0.571. The van der Waals surface area contributed by atoms with E-state index < -0.39 is 5.60 Å². The molecule has 0 bridgehead atoms. The van der Waals surface area contributed by atoms with Gasteiger partial charge in [-0.1, -0.05) is 36.4 Å². The van der Waals surface area contributed by atoms with E-state index in [1.807, 2.05) is 75.4 Å². The second kappa shape index (κ2) is 19.0. The summed E-state index contributed by atoms with van der Waals surface area (Å²) in [7, 11) is 3.35. The Morgan fingerprint density at radius 2 is 1.62 bits per heavy atom. The third-order valence-corrected chi connectivity index (χ3v) is 8.54. The number of hydrogen-bond donors (Lipinski definition) is 0. The second-order valence-corrected chi connectivity index (χ2v) is 13.6. The van der Waals surface area contributed by atoms with E-state index in [0.29, 0.717) is 52.7 Å². The Kier molecular flexibility index (Phi) is 14.9. The number of piperidine rings is 1. The number of methoxy groups -OCH3 is 2. The zero-order valence-corrected chi connectivity index (χ0v) is 30.5. The van der Waals surface area contributed by atoms with Gasteiger partial charge in [-0.25, -0.2) is 4.79 Å². The summed E-state index contributed by atoms with van der Waals surface area (Å²) in [6.07, 6.45) is 1.78. The fourth-order valence-corrected chi connectivity index (χ4v) is 5.82. The van der Waals surface area contributed by atoms with E-state index >= 15 is 0 Å². The first-order valence-corrected chi connectivity index (χ1v) is 17.4. The van der Waals surface area contributed by atoms with Crippen molar-refractivity contribution in [2.24, 2.45) is 0 Å². The van der Waals surface area contributed by atoms with Crippen LogP contribution in [0.2, 0.25) is 0 Å². The van der Waals surface area contributed by atoms with E-state index in [1.54, 1.807) is 19.1 Å².